The number of sulfone groups is 1. The summed E-state index contributed by atoms with van der Waals surface area (Å²) < 4.78 is 24.4. The number of hydrogen-bond acceptors (Lipinski definition) is 4. The van der Waals surface area contributed by atoms with Crippen LogP contribution in [0.2, 0.25) is 0 Å². The van der Waals surface area contributed by atoms with E-state index in [-0.39, 0.29) is 17.1 Å². The van der Waals surface area contributed by atoms with Crippen LogP contribution in [0.25, 0.3) is 0 Å². The van der Waals surface area contributed by atoms with Crippen LogP contribution in [0, 0.1) is 0 Å². The van der Waals surface area contributed by atoms with E-state index in [0.29, 0.717) is 12.1 Å². The number of carboxylic acid groups (broad SMARTS) is 1. The van der Waals surface area contributed by atoms with Crippen molar-refractivity contribution in [3.63, 3.8) is 0 Å². The maximum Gasteiger partial charge on any atom is 0.335 e. The summed E-state index contributed by atoms with van der Waals surface area (Å²) in [7, 11) is -3.30. The van der Waals surface area contributed by atoms with Gasteiger partial charge in [0, 0.05) is 6.54 Å². The Kier molecular flexibility index (Phi) is 5.36. The number of benzene rings is 1. The van der Waals surface area contributed by atoms with E-state index in [2.05, 4.69) is 4.90 Å². The average Bonchev–Trinajstić information content (AvgIpc) is 2.46. The van der Waals surface area contributed by atoms with Gasteiger partial charge in [-0.25, -0.2) is 13.2 Å². The standard InChI is InChI=1S/C15H21NO4S/c17-15(18)14-7-3-2-6-13(14)12-21(19,20)11-10-16-8-4-1-5-9-16/h2-3,6-7H,1,4-5,8-12H2,(H,17,18). The molecule has 0 radical (unpaired) electrons. The lowest BCUT2D eigenvalue weighted by Crippen LogP contribution is -2.34. The van der Waals surface area contributed by atoms with Crippen molar-refractivity contribution in [1.29, 1.82) is 0 Å². The van der Waals surface area contributed by atoms with Gasteiger partial charge in [0.1, 0.15) is 0 Å². The van der Waals surface area contributed by atoms with Crippen molar-refractivity contribution >= 4 is 15.8 Å². The van der Waals surface area contributed by atoms with Crippen LogP contribution in [0.3, 0.4) is 0 Å². The van der Waals surface area contributed by atoms with Crippen LogP contribution in [0.1, 0.15) is 35.2 Å². The van der Waals surface area contributed by atoms with E-state index >= 15 is 0 Å². The minimum Gasteiger partial charge on any atom is -0.478 e. The first kappa shape index (κ1) is 16.0. The maximum atomic E-state index is 12.2. The highest BCUT2D eigenvalue weighted by Gasteiger charge is 2.19. The molecule has 0 aromatic heterocycles. The molecule has 21 heavy (non-hydrogen) atoms. The second kappa shape index (κ2) is 7.04. The van der Waals surface area contributed by atoms with E-state index in [9.17, 15) is 13.2 Å². The van der Waals surface area contributed by atoms with E-state index in [4.69, 9.17) is 5.11 Å². The Morgan fingerprint density at radius 3 is 2.48 bits per heavy atom. The smallest absolute Gasteiger partial charge is 0.335 e. The molecule has 1 aromatic rings. The number of piperidine rings is 1. The number of rotatable bonds is 6. The van der Waals surface area contributed by atoms with Gasteiger partial charge >= 0.3 is 5.97 Å². The van der Waals surface area contributed by atoms with Gasteiger partial charge in [-0.3, -0.25) is 0 Å². The highest BCUT2D eigenvalue weighted by molar-refractivity contribution is 7.90. The van der Waals surface area contributed by atoms with Crippen LogP contribution in [0.4, 0.5) is 0 Å². The molecule has 0 atom stereocenters. The fraction of sp³-hybridized carbons (Fsp3) is 0.533. The maximum absolute atomic E-state index is 12.2. The molecule has 6 heteroatoms. The number of carbonyl (C=O) groups is 1. The number of hydrogen-bond donors (Lipinski definition) is 1. The van der Waals surface area contributed by atoms with Crippen molar-refractivity contribution in [3.8, 4) is 0 Å². The highest BCUT2D eigenvalue weighted by atomic mass is 32.2. The zero-order chi connectivity index (χ0) is 15.3. The van der Waals surface area contributed by atoms with E-state index < -0.39 is 15.8 Å². The second-order valence-electron chi connectivity index (χ2n) is 5.46. The van der Waals surface area contributed by atoms with Crippen LogP contribution in [0.15, 0.2) is 24.3 Å². The fourth-order valence-corrected chi connectivity index (χ4v) is 4.02. The van der Waals surface area contributed by atoms with E-state index in [1.165, 1.54) is 12.5 Å². The molecule has 1 saturated heterocycles. The Morgan fingerprint density at radius 2 is 1.81 bits per heavy atom. The van der Waals surface area contributed by atoms with Crippen molar-refractivity contribution in [2.75, 3.05) is 25.4 Å². The molecule has 1 N–H and O–H groups in total. The predicted octanol–water partition coefficient (Wildman–Crippen LogP) is 1.79. The minimum atomic E-state index is -3.30. The summed E-state index contributed by atoms with van der Waals surface area (Å²) in [5.41, 5.74) is 0.433. The van der Waals surface area contributed by atoms with Crippen LogP contribution in [0.5, 0.6) is 0 Å². The van der Waals surface area contributed by atoms with Crippen LogP contribution in [-0.4, -0.2) is 49.8 Å². The predicted molar refractivity (Wildman–Crippen MR) is 81.2 cm³/mol. The van der Waals surface area contributed by atoms with Gasteiger partial charge in [0.2, 0.25) is 0 Å². The molecule has 0 unspecified atom stereocenters. The number of nitrogens with zero attached hydrogens (tertiary/aromatic N) is 1. The largest absolute Gasteiger partial charge is 0.478 e. The van der Waals surface area contributed by atoms with Gasteiger partial charge in [-0.1, -0.05) is 24.6 Å². The summed E-state index contributed by atoms with van der Waals surface area (Å²) in [5.74, 6) is -1.21. The van der Waals surface area contributed by atoms with E-state index in [1.54, 1.807) is 18.2 Å². The molecule has 116 valence electrons. The molecule has 1 heterocycles. The first-order chi connectivity index (χ1) is 9.98. The topological polar surface area (TPSA) is 74.7 Å². The summed E-state index contributed by atoms with van der Waals surface area (Å²) in [5, 5.41) is 9.09. The molecular formula is C15H21NO4S. The van der Waals surface area contributed by atoms with Crippen molar-refractivity contribution in [2.24, 2.45) is 0 Å². The van der Waals surface area contributed by atoms with Crippen LogP contribution in [-0.2, 0) is 15.6 Å². The SMILES string of the molecule is O=C(O)c1ccccc1CS(=O)(=O)CCN1CCCCC1. The van der Waals surface area contributed by atoms with E-state index in [0.717, 1.165) is 25.9 Å². The molecule has 1 aliphatic rings. The summed E-state index contributed by atoms with van der Waals surface area (Å²) in [6.07, 6.45) is 3.47. The molecule has 5 nitrogen and oxygen atoms in total. The molecule has 0 bridgehead atoms. The average molecular weight is 311 g/mol. The van der Waals surface area contributed by atoms with Gasteiger partial charge in [0.25, 0.3) is 0 Å². The van der Waals surface area contributed by atoms with Gasteiger partial charge in [0.15, 0.2) is 9.84 Å². The van der Waals surface area contributed by atoms with Gasteiger partial charge in [-0.05, 0) is 37.6 Å². The lowest BCUT2D eigenvalue weighted by atomic mass is 10.1. The number of likely N-dealkylation sites (tertiary alicyclic amines) is 1. The molecule has 0 aliphatic carbocycles. The summed E-state index contributed by atoms with van der Waals surface area (Å²) >= 11 is 0. The van der Waals surface area contributed by atoms with Crippen LogP contribution < -0.4 is 0 Å². The van der Waals surface area contributed by atoms with Crippen molar-refractivity contribution in [1.82, 2.24) is 4.90 Å². The number of aromatic carboxylic acids is 1. The van der Waals surface area contributed by atoms with Crippen molar-refractivity contribution in [3.05, 3.63) is 35.4 Å². The first-order valence-electron chi connectivity index (χ1n) is 7.22. The molecule has 1 aliphatic heterocycles. The Balaban J connectivity index is 1.99. The second-order valence-corrected chi connectivity index (χ2v) is 7.64. The lowest BCUT2D eigenvalue weighted by molar-refractivity contribution is 0.0696. The Labute approximate surface area is 125 Å². The van der Waals surface area contributed by atoms with Crippen molar-refractivity contribution in [2.45, 2.75) is 25.0 Å². The monoisotopic (exact) mass is 311 g/mol. The molecule has 1 fully saturated rings. The zero-order valence-corrected chi connectivity index (χ0v) is 12.8. The van der Waals surface area contributed by atoms with Gasteiger partial charge < -0.3 is 10.0 Å². The van der Waals surface area contributed by atoms with Gasteiger partial charge in [-0.2, -0.15) is 0 Å². The summed E-state index contributed by atoms with van der Waals surface area (Å²) in [6.45, 7) is 2.46. The van der Waals surface area contributed by atoms with Gasteiger partial charge in [-0.15, -0.1) is 0 Å². The third-order valence-electron chi connectivity index (χ3n) is 3.79. The minimum absolute atomic E-state index is 0.0686. The Bertz CT molecular complexity index is 591. The molecule has 0 saturated carbocycles. The first-order valence-corrected chi connectivity index (χ1v) is 9.04. The molecule has 1 aromatic carbocycles. The molecule has 2 rings (SSSR count). The fourth-order valence-electron chi connectivity index (χ4n) is 2.62. The zero-order valence-electron chi connectivity index (χ0n) is 12.0. The number of carboxylic acids is 1. The summed E-state index contributed by atoms with van der Waals surface area (Å²) in [6, 6.07) is 6.29. The van der Waals surface area contributed by atoms with E-state index in [1.807, 2.05) is 0 Å². The Morgan fingerprint density at radius 1 is 1.14 bits per heavy atom. The quantitative estimate of drug-likeness (QED) is 0.867. The molecule has 0 amide bonds. The Hall–Kier alpha value is -1.40. The van der Waals surface area contributed by atoms with Gasteiger partial charge in [0.05, 0.1) is 17.1 Å². The molecule has 0 spiro atoms. The summed E-state index contributed by atoms with van der Waals surface area (Å²) in [4.78, 5) is 13.3. The third-order valence-corrected chi connectivity index (χ3v) is 5.35. The third kappa shape index (κ3) is 4.82. The molecular weight excluding hydrogens is 290 g/mol. The normalized spacial score (nSPS) is 16.8. The van der Waals surface area contributed by atoms with Crippen molar-refractivity contribution < 1.29 is 18.3 Å². The lowest BCUT2D eigenvalue weighted by Gasteiger charge is -2.26. The van der Waals surface area contributed by atoms with Crippen LogP contribution >= 0.6 is 0 Å². The highest BCUT2D eigenvalue weighted by Crippen LogP contribution is 2.14.